The fourth-order valence-electron chi connectivity index (χ4n) is 3.08. The highest BCUT2D eigenvalue weighted by Gasteiger charge is 2.34. The molecule has 1 aliphatic rings. The molecule has 0 spiro atoms. The third kappa shape index (κ3) is 4.28. The van der Waals surface area contributed by atoms with Crippen molar-refractivity contribution in [2.75, 3.05) is 20.2 Å². The van der Waals surface area contributed by atoms with Crippen LogP contribution in [0.5, 0.6) is 5.75 Å². The number of carbonyl (C=O) groups is 2. The molecular weight excluding hydrogens is 304 g/mol. The highest BCUT2D eigenvalue weighted by Crippen LogP contribution is 2.24. The van der Waals surface area contributed by atoms with E-state index in [1.54, 1.807) is 18.1 Å². The van der Waals surface area contributed by atoms with Crippen molar-refractivity contribution in [3.8, 4) is 5.75 Å². The molecule has 1 aliphatic heterocycles. The van der Waals surface area contributed by atoms with Gasteiger partial charge in [0.2, 0.25) is 0 Å². The lowest BCUT2D eigenvalue weighted by atomic mass is 10.00. The predicted octanol–water partition coefficient (Wildman–Crippen LogP) is 3.41. The number of ketones is 1. The van der Waals surface area contributed by atoms with Crippen molar-refractivity contribution >= 4 is 11.8 Å². The van der Waals surface area contributed by atoms with Gasteiger partial charge in [0.05, 0.1) is 13.2 Å². The number of rotatable bonds is 6. The number of amides is 2. The molecule has 132 valence electrons. The Hall–Kier alpha value is -2.04. The van der Waals surface area contributed by atoms with Gasteiger partial charge in [0.25, 0.3) is 0 Å². The predicted molar refractivity (Wildman–Crippen MR) is 94.6 cm³/mol. The van der Waals surface area contributed by atoms with E-state index in [1.165, 1.54) is 0 Å². The first-order chi connectivity index (χ1) is 11.4. The average Bonchev–Trinajstić information content (AvgIpc) is 3.03. The van der Waals surface area contributed by atoms with E-state index in [0.717, 1.165) is 30.6 Å². The number of hydrogen-bond donors (Lipinski definition) is 1. The summed E-state index contributed by atoms with van der Waals surface area (Å²) in [5.41, 5.74) is 1.56. The summed E-state index contributed by atoms with van der Waals surface area (Å²) in [5.74, 6) is 1.32. The van der Waals surface area contributed by atoms with Crippen LogP contribution in [-0.2, 0) is 0 Å². The molecule has 2 amide bonds. The van der Waals surface area contributed by atoms with Gasteiger partial charge in [-0.15, -0.1) is 0 Å². The van der Waals surface area contributed by atoms with Gasteiger partial charge in [0.1, 0.15) is 5.75 Å². The van der Waals surface area contributed by atoms with Crippen LogP contribution in [0.15, 0.2) is 18.2 Å². The average molecular weight is 332 g/mol. The summed E-state index contributed by atoms with van der Waals surface area (Å²) in [6.45, 7) is 7.45. The maximum Gasteiger partial charge on any atom is 0.318 e. The number of likely N-dealkylation sites (tertiary alicyclic amines) is 1. The summed E-state index contributed by atoms with van der Waals surface area (Å²) >= 11 is 0. The monoisotopic (exact) mass is 332 g/mol. The van der Waals surface area contributed by atoms with Gasteiger partial charge in [0.15, 0.2) is 5.78 Å². The summed E-state index contributed by atoms with van der Waals surface area (Å²) in [6.07, 6.45) is 2.53. The Morgan fingerprint density at radius 2 is 2.12 bits per heavy atom. The standard InChI is InChI=1S/C19H28N2O3/c1-13(2)9-10-20-19(23)21-11-5-6-16(21)18(22)15-7-8-17(24-4)14(3)12-15/h7-8,12-13,16H,5-6,9-11H2,1-4H3,(H,20,23). The van der Waals surface area contributed by atoms with Crippen LogP contribution in [0, 0.1) is 12.8 Å². The molecule has 1 aromatic carbocycles. The van der Waals surface area contributed by atoms with Crippen LogP contribution >= 0.6 is 0 Å². The van der Waals surface area contributed by atoms with E-state index in [1.807, 2.05) is 19.1 Å². The van der Waals surface area contributed by atoms with E-state index in [9.17, 15) is 9.59 Å². The molecule has 1 fully saturated rings. The minimum Gasteiger partial charge on any atom is -0.496 e. The summed E-state index contributed by atoms with van der Waals surface area (Å²) in [6, 6.07) is 4.94. The number of nitrogens with zero attached hydrogens (tertiary/aromatic N) is 1. The van der Waals surface area contributed by atoms with Crippen LogP contribution in [0.4, 0.5) is 4.79 Å². The van der Waals surface area contributed by atoms with Crippen LogP contribution in [0.3, 0.4) is 0 Å². The molecule has 0 aromatic heterocycles. The van der Waals surface area contributed by atoms with Crippen molar-refractivity contribution in [2.24, 2.45) is 5.92 Å². The van der Waals surface area contributed by atoms with Crippen molar-refractivity contribution in [3.05, 3.63) is 29.3 Å². The number of aryl methyl sites for hydroxylation is 1. The van der Waals surface area contributed by atoms with E-state index in [0.29, 0.717) is 24.6 Å². The van der Waals surface area contributed by atoms with Gasteiger partial charge in [0, 0.05) is 18.7 Å². The molecule has 1 aromatic rings. The third-order valence-corrected chi connectivity index (χ3v) is 4.49. The van der Waals surface area contributed by atoms with Crippen LogP contribution in [0.25, 0.3) is 0 Å². The molecule has 24 heavy (non-hydrogen) atoms. The zero-order chi connectivity index (χ0) is 17.7. The smallest absolute Gasteiger partial charge is 0.318 e. The lowest BCUT2D eigenvalue weighted by Crippen LogP contribution is -2.46. The molecule has 1 saturated heterocycles. The Labute approximate surface area is 144 Å². The SMILES string of the molecule is COc1ccc(C(=O)C2CCCN2C(=O)NCCC(C)C)cc1C. The lowest BCUT2D eigenvalue weighted by Gasteiger charge is -2.24. The normalized spacial score (nSPS) is 17.2. The fourth-order valence-corrected chi connectivity index (χ4v) is 3.08. The quantitative estimate of drug-likeness (QED) is 0.812. The molecule has 0 aliphatic carbocycles. The Morgan fingerprint density at radius 1 is 1.38 bits per heavy atom. The Morgan fingerprint density at radius 3 is 2.75 bits per heavy atom. The molecule has 1 atom stereocenters. The first kappa shape index (κ1) is 18.3. The van der Waals surface area contributed by atoms with Gasteiger partial charge < -0.3 is 15.0 Å². The van der Waals surface area contributed by atoms with Gasteiger partial charge in [-0.25, -0.2) is 4.79 Å². The fraction of sp³-hybridized carbons (Fsp3) is 0.579. The summed E-state index contributed by atoms with van der Waals surface area (Å²) in [7, 11) is 1.62. The lowest BCUT2D eigenvalue weighted by molar-refractivity contribution is 0.0887. The summed E-state index contributed by atoms with van der Waals surface area (Å²) in [4.78, 5) is 26.9. The molecule has 2 rings (SSSR count). The van der Waals surface area contributed by atoms with Crippen molar-refractivity contribution in [1.29, 1.82) is 0 Å². The second kappa shape index (κ2) is 8.18. The third-order valence-electron chi connectivity index (χ3n) is 4.49. The maximum absolute atomic E-state index is 12.8. The molecule has 1 N–H and O–H groups in total. The van der Waals surface area contributed by atoms with Crippen LogP contribution in [0.2, 0.25) is 0 Å². The molecule has 0 bridgehead atoms. The molecule has 1 unspecified atom stereocenters. The van der Waals surface area contributed by atoms with Gasteiger partial charge in [-0.05, 0) is 55.9 Å². The zero-order valence-electron chi connectivity index (χ0n) is 15.1. The van der Waals surface area contributed by atoms with Gasteiger partial charge >= 0.3 is 6.03 Å². The van der Waals surface area contributed by atoms with Crippen molar-refractivity contribution in [2.45, 2.75) is 46.1 Å². The zero-order valence-corrected chi connectivity index (χ0v) is 15.1. The number of carbonyl (C=O) groups excluding carboxylic acids is 2. The first-order valence-electron chi connectivity index (χ1n) is 8.67. The summed E-state index contributed by atoms with van der Waals surface area (Å²) < 4.78 is 5.24. The highest BCUT2D eigenvalue weighted by molar-refractivity contribution is 6.02. The van der Waals surface area contributed by atoms with Gasteiger partial charge in [-0.3, -0.25) is 4.79 Å². The molecule has 5 heteroatoms. The molecule has 5 nitrogen and oxygen atoms in total. The largest absolute Gasteiger partial charge is 0.496 e. The second-order valence-corrected chi connectivity index (χ2v) is 6.81. The van der Waals surface area contributed by atoms with Crippen LogP contribution in [0.1, 0.15) is 49.0 Å². The van der Waals surface area contributed by atoms with E-state index in [2.05, 4.69) is 19.2 Å². The number of nitrogens with one attached hydrogen (secondary N) is 1. The minimum atomic E-state index is -0.364. The van der Waals surface area contributed by atoms with Gasteiger partial charge in [-0.2, -0.15) is 0 Å². The van der Waals surface area contributed by atoms with Crippen molar-refractivity contribution < 1.29 is 14.3 Å². The van der Waals surface area contributed by atoms with Crippen molar-refractivity contribution in [3.63, 3.8) is 0 Å². The Kier molecular flexibility index (Phi) is 6.23. The minimum absolute atomic E-state index is 0.0114. The topological polar surface area (TPSA) is 58.6 Å². The number of urea groups is 1. The maximum atomic E-state index is 12.8. The van der Waals surface area contributed by atoms with E-state index in [4.69, 9.17) is 4.74 Å². The Balaban J connectivity index is 2.05. The number of benzene rings is 1. The van der Waals surface area contributed by atoms with E-state index < -0.39 is 0 Å². The number of ether oxygens (including phenoxy) is 1. The van der Waals surface area contributed by atoms with Crippen LogP contribution < -0.4 is 10.1 Å². The number of hydrogen-bond acceptors (Lipinski definition) is 3. The molecule has 0 radical (unpaired) electrons. The van der Waals surface area contributed by atoms with Crippen molar-refractivity contribution in [1.82, 2.24) is 10.2 Å². The van der Waals surface area contributed by atoms with E-state index in [-0.39, 0.29) is 17.9 Å². The van der Waals surface area contributed by atoms with Crippen LogP contribution in [-0.4, -0.2) is 43.0 Å². The molecule has 0 saturated carbocycles. The van der Waals surface area contributed by atoms with Gasteiger partial charge in [-0.1, -0.05) is 13.8 Å². The molecular formula is C19H28N2O3. The number of Topliss-reactive ketones (excluding diaryl/α,β-unsaturated/α-hetero) is 1. The number of methoxy groups -OCH3 is 1. The first-order valence-corrected chi connectivity index (χ1v) is 8.67. The Bertz CT molecular complexity index is 598. The summed E-state index contributed by atoms with van der Waals surface area (Å²) in [5, 5.41) is 2.94. The highest BCUT2D eigenvalue weighted by atomic mass is 16.5. The van der Waals surface area contributed by atoms with E-state index >= 15 is 0 Å². The second-order valence-electron chi connectivity index (χ2n) is 6.81. The molecule has 1 heterocycles.